The van der Waals surface area contributed by atoms with Gasteiger partial charge in [-0.1, -0.05) is 30.3 Å². The molecule has 0 saturated carbocycles. The van der Waals surface area contributed by atoms with E-state index in [2.05, 4.69) is 27.2 Å². The molecule has 4 heteroatoms. The van der Waals surface area contributed by atoms with Crippen molar-refractivity contribution >= 4 is 5.69 Å². The van der Waals surface area contributed by atoms with Crippen LogP contribution >= 0.6 is 0 Å². The third kappa shape index (κ3) is 3.79. The Bertz CT molecular complexity index is 545. The van der Waals surface area contributed by atoms with Crippen LogP contribution in [0.4, 0.5) is 5.69 Å². The van der Waals surface area contributed by atoms with E-state index >= 15 is 0 Å². The molecule has 0 aliphatic carbocycles. The first-order valence-electron chi connectivity index (χ1n) is 7.61. The minimum Gasteiger partial charge on any atom is -0.382 e. The van der Waals surface area contributed by atoms with Gasteiger partial charge in [0.2, 0.25) is 0 Å². The summed E-state index contributed by atoms with van der Waals surface area (Å²) >= 11 is 0. The fourth-order valence-corrected chi connectivity index (χ4v) is 2.68. The zero-order valence-electron chi connectivity index (χ0n) is 12.5. The summed E-state index contributed by atoms with van der Waals surface area (Å²) in [7, 11) is 2.19. The fourth-order valence-electron chi connectivity index (χ4n) is 2.68. The van der Waals surface area contributed by atoms with E-state index in [0.29, 0.717) is 0 Å². The predicted molar refractivity (Wildman–Crippen MR) is 86.2 cm³/mol. The number of hydrogen-bond acceptors (Lipinski definition) is 4. The molecular weight excluding hydrogens is 260 g/mol. The third-order valence-corrected chi connectivity index (χ3v) is 4.12. The van der Waals surface area contributed by atoms with E-state index in [4.69, 9.17) is 0 Å². The largest absolute Gasteiger partial charge is 0.382 e. The summed E-state index contributed by atoms with van der Waals surface area (Å²) in [5, 5.41) is 3.46. The Labute approximate surface area is 126 Å². The molecule has 1 aliphatic heterocycles. The number of likely N-dealkylation sites (tertiary alicyclic amines) is 1. The maximum absolute atomic E-state index is 4.44. The fraction of sp³-hybridized carbons (Fsp3) is 0.412. The molecule has 2 aromatic rings. The number of nitrogens with one attached hydrogen (secondary N) is 1. The molecule has 1 saturated heterocycles. The van der Waals surface area contributed by atoms with Gasteiger partial charge in [0, 0.05) is 12.1 Å². The van der Waals surface area contributed by atoms with Crippen LogP contribution in [0.1, 0.15) is 12.8 Å². The van der Waals surface area contributed by atoms with Crippen LogP contribution in [0.3, 0.4) is 0 Å². The zero-order chi connectivity index (χ0) is 14.5. The second kappa shape index (κ2) is 6.68. The lowest BCUT2D eigenvalue weighted by atomic mass is 9.97. The summed E-state index contributed by atoms with van der Waals surface area (Å²) in [5.41, 5.74) is 2.06. The molecule has 0 atom stereocenters. The van der Waals surface area contributed by atoms with Crippen molar-refractivity contribution in [3.63, 3.8) is 0 Å². The molecule has 21 heavy (non-hydrogen) atoms. The first kappa shape index (κ1) is 14.0. The lowest BCUT2D eigenvalue weighted by Crippen LogP contribution is -2.32. The van der Waals surface area contributed by atoms with E-state index in [-0.39, 0.29) is 0 Å². The second-order valence-corrected chi connectivity index (χ2v) is 5.79. The Hall–Kier alpha value is -1.94. The van der Waals surface area contributed by atoms with E-state index in [1.54, 1.807) is 0 Å². The molecule has 110 valence electrons. The lowest BCUT2D eigenvalue weighted by Gasteiger charge is -2.29. The van der Waals surface area contributed by atoms with Crippen LogP contribution in [0.25, 0.3) is 11.4 Å². The summed E-state index contributed by atoms with van der Waals surface area (Å²) in [4.78, 5) is 11.3. The summed E-state index contributed by atoms with van der Waals surface area (Å²) in [5.74, 6) is 1.54. The molecule has 1 N–H and O–H groups in total. The van der Waals surface area contributed by atoms with Gasteiger partial charge in [-0.2, -0.15) is 0 Å². The molecular formula is C17H22N4. The molecule has 2 heterocycles. The Kier molecular flexibility index (Phi) is 4.46. The van der Waals surface area contributed by atoms with Crippen molar-refractivity contribution in [1.82, 2.24) is 14.9 Å². The predicted octanol–water partition coefficient (Wildman–Crippen LogP) is 2.90. The minimum absolute atomic E-state index is 0.759. The molecule has 1 aromatic heterocycles. The Morgan fingerprint density at radius 2 is 1.76 bits per heavy atom. The van der Waals surface area contributed by atoms with Crippen LogP contribution in [0, 0.1) is 5.92 Å². The number of benzene rings is 1. The molecule has 0 bridgehead atoms. The van der Waals surface area contributed by atoms with Crippen molar-refractivity contribution in [2.45, 2.75) is 12.8 Å². The Balaban J connectivity index is 1.55. The molecule has 1 fully saturated rings. The van der Waals surface area contributed by atoms with Crippen molar-refractivity contribution in [3.8, 4) is 11.4 Å². The SMILES string of the molecule is CN1CCC(CNc2cnc(-c3ccccc3)nc2)CC1. The molecule has 4 nitrogen and oxygen atoms in total. The molecule has 1 aromatic carbocycles. The molecule has 0 spiro atoms. The van der Waals surface area contributed by atoms with Gasteiger partial charge in [0.25, 0.3) is 0 Å². The van der Waals surface area contributed by atoms with Crippen LogP contribution in [0.15, 0.2) is 42.7 Å². The van der Waals surface area contributed by atoms with E-state index in [9.17, 15) is 0 Å². The van der Waals surface area contributed by atoms with Gasteiger partial charge in [-0.05, 0) is 38.9 Å². The van der Waals surface area contributed by atoms with Gasteiger partial charge in [-0.15, -0.1) is 0 Å². The zero-order valence-corrected chi connectivity index (χ0v) is 12.5. The number of aromatic nitrogens is 2. The smallest absolute Gasteiger partial charge is 0.159 e. The third-order valence-electron chi connectivity index (χ3n) is 4.12. The van der Waals surface area contributed by atoms with Crippen molar-refractivity contribution < 1.29 is 0 Å². The van der Waals surface area contributed by atoms with Gasteiger partial charge in [0.1, 0.15) is 0 Å². The summed E-state index contributed by atoms with van der Waals surface area (Å²) in [6.45, 7) is 3.42. The number of anilines is 1. The molecule has 3 rings (SSSR count). The lowest BCUT2D eigenvalue weighted by molar-refractivity contribution is 0.226. The quantitative estimate of drug-likeness (QED) is 0.936. The maximum atomic E-state index is 4.44. The Morgan fingerprint density at radius 1 is 1.10 bits per heavy atom. The van der Waals surface area contributed by atoms with Crippen LogP contribution in [0.5, 0.6) is 0 Å². The first-order chi connectivity index (χ1) is 10.3. The monoisotopic (exact) mass is 282 g/mol. The summed E-state index contributed by atoms with van der Waals surface area (Å²) < 4.78 is 0. The topological polar surface area (TPSA) is 41.0 Å². The molecule has 0 unspecified atom stereocenters. The van der Waals surface area contributed by atoms with Crippen LogP contribution in [0.2, 0.25) is 0 Å². The van der Waals surface area contributed by atoms with Gasteiger partial charge >= 0.3 is 0 Å². The van der Waals surface area contributed by atoms with Crippen LogP contribution < -0.4 is 5.32 Å². The van der Waals surface area contributed by atoms with Crippen molar-refractivity contribution in [3.05, 3.63) is 42.7 Å². The number of nitrogens with zero attached hydrogens (tertiary/aromatic N) is 3. The van der Waals surface area contributed by atoms with Crippen molar-refractivity contribution in [2.24, 2.45) is 5.92 Å². The minimum atomic E-state index is 0.759. The van der Waals surface area contributed by atoms with E-state index in [0.717, 1.165) is 29.5 Å². The van der Waals surface area contributed by atoms with Crippen molar-refractivity contribution in [1.29, 1.82) is 0 Å². The van der Waals surface area contributed by atoms with Gasteiger partial charge in [-0.25, -0.2) is 9.97 Å². The highest BCUT2D eigenvalue weighted by Gasteiger charge is 2.16. The van der Waals surface area contributed by atoms with Gasteiger partial charge in [-0.3, -0.25) is 0 Å². The Morgan fingerprint density at radius 3 is 2.43 bits per heavy atom. The maximum Gasteiger partial charge on any atom is 0.159 e. The molecule has 0 amide bonds. The van der Waals surface area contributed by atoms with E-state index < -0.39 is 0 Å². The number of hydrogen-bond donors (Lipinski definition) is 1. The highest BCUT2D eigenvalue weighted by molar-refractivity contribution is 5.55. The van der Waals surface area contributed by atoms with Crippen molar-refractivity contribution in [2.75, 3.05) is 32.0 Å². The summed E-state index contributed by atoms with van der Waals surface area (Å²) in [6.07, 6.45) is 6.30. The normalized spacial score (nSPS) is 16.8. The van der Waals surface area contributed by atoms with Crippen LogP contribution in [-0.4, -0.2) is 41.5 Å². The van der Waals surface area contributed by atoms with Gasteiger partial charge in [0.05, 0.1) is 18.1 Å². The molecule has 1 aliphatic rings. The average molecular weight is 282 g/mol. The summed E-state index contributed by atoms with van der Waals surface area (Å²) in [6, 6.07) is 10.1. The van der Waals surface area contributed by atoms with Gasteiger partial charge < -0.3 is 10.2 Å². The van der Waals surface area contributed by atoms with E-state index in [1.165, 1.54) is 25.9 Å². The standard InChI is InChI=1S/C17H22N4/c1-21-9-7-14(8-10-21)11-18-16-12-19-17(20-13-16)15-5-3-2-4-6-15/h2-6,12-14,18H,7-11H2,1H3. The van der Waals surface area contributed by atoms with E-state index in [1.807, 2.05) is 42.7 Å². The second-order valence-electron chi connectivity index (χ2n) is 5.79. The number of piperidine rings is 1. The van der Waals surface area contributed by atoms with Crippen LogP contribution in [-0.2, 0) is 0 Å². The first-order valence-corrected chi connectivity index (χ1v) is 7.61. The highest BCUT2D eigenvalue weighted by atomic mass is 15.1. The molecule has 0 radical (unpaired) electrons. The highest BCUT2D eigenvalue weighted by Crippen LogP contribution is 2.18. The number of rotatable bonds is 4. The van der Waals surface area contributed by atoms with Gasteiger partial charge in [0.15, 0.2) is 5.82 Å². The average Bonchev–Trinajstić information content (AvgIpc) is 2.56.